The largest absolute Gasteiger partial charge is 0.355 e. The average Bonchev–Trinajstić information content (AvgIpc) is 2.45. The van der Waals surface area contributed by atoms with Gasteiger partial charge in [-0.25, -0.2) is 0 Å². The molecule has 0 spiro atoms. The molecule has 2 rings (SSSR count). The lowest BCUT2D eigenvalue weighted by molar-refractivity contribution is -0.125. The third kappa shape index (κ3) is 4.71. The second kappa shape index (κ2) is 7.61. The first-order valence-corrected chi connectivity index (χ1v) is 7.93. The van der Waals surface area contributed by atoms with Gasteiger partial charge in [0.05, 0.1) is 6.04 Å². The van der Waals surface area contributed by atoms with Crippen LogP contribution in [0.5, 0.6) is 0 Å². The van der Waals surface area contributed by atoms with Crippen LogP contribution in [0.4, 0.5) is 5.69 Å². The van der Waals surface area contributed by atoms with Gasteiger partial charge in [0, 0.05) is 29.7 Å². The van der Waals surface area contributed by atoms with Crippen LogP contribution >= 0.6 is 11.6 Å². The Hall–Kier alpha value is -1.59. The van der Waals surface area contributed by atoms with E-state index in [0.29, 0.717) is 17.1 Å². The summed E-state index contributed by atoms with van der Waals surface area (Å²) in [7, 11) is 0. The number of hydrogen-bond donors (Lipinski definition) is 3. The number of piperidine rings is 1. The SMILES string of the molecule is Cc1ccc(NC(=O)CC(C)NC2CCCNC2=O)cc1Cl. The second-order valence-electron chi connectivity index (χ2n) is 5.77. The number of carbonyl (C=O) groups excluding carboxylic acids is 2. The Morgan fingerprint density at radius 1 is 1.50 bits per heavy atom. The normalized spacial score (nSPS) is 19.4. The zero-order valence-electron chi connectivity index (χ0n) is 12.9. The van der Waals surface area contributed by atoms with E-state index in [1.54, 1.807) is 6.07 Å². The molecule has 1 saturated heterocycles. The molecule has 0 aromatic heterocycles. The van der Waals surface area contributed by atoms with Crippen LogP contribution < -0.4 is 16.0 Å². The molecule has 0 aliphatic carbocycles. The number of carbonyl (C=O) groups is 2. The lowest BCUT2D eigenvalue weighted by Crippen LogP contribution is -2.51. The van der Waals surface area contributed by atoms with Crippen LogP contribution in [0.3, 0.4) is 0 Å². The van der Waals surface area contributed by atoms with E-state index in [2.05, 4.69) is 16.0 Å². The van der Waals surface area contributed by atoms with Crippen LogP contribution in [-0.4, -0.2) is 30.4 Å². The highest BCUT2D eigenvalue weighted by molar-refractivity contribution is 6.31. The standard InChI is InChI=1S/C16H22ClN3O2/c1-10-5-6-12(9-13(10)17)20-15(21)8-11(2)19-14-4-3-7-18-16(14)22/h5-6,9,11,14,19H,3-4,7-8H2,1-2H3,(H,18,22)(H,20,21). The van der Waals surface area contributed by atoms with E-state index >= 15 is 0 Å². The Morgan fingerprint density at radius 2 is 2.27 bits per heavy atom. The Kier molecular flexibility index (Phi) is 5.80. The van der Waals surface area contributed by atoms with E-state index in [4.69, 9.17) is 11.6 Å². The maximum Gasteiger partial charge on any atom is 0.237 e. The fourth-order valence-electron chi connectivity index (χ4n) is 2.49. The number of amides is 2. The summed E-state index contributed by atoms with van der Waals surface area (Å²) < 4.78 is 0. The molecule has 0 saturated carbocycles. The summed E-state index contributed by atoms with van der Waals surface area (Å²) in [6.45, 7) is 4.55. The van der Waals surface area contributed by atoms with Crippen LogP contribution in [0.15, 0.2) is 18.2 Å². The molecule has 22 heavy (non-hydrogen) atoms. The molecule has 120 valence electrons. The number of benzene rings is 1. The molecule has 1 aliphatic rings. The third-order valence-corrected chi connectivity index (χ3v) is 4.13. The van der Waals surface area contributed by atoms with Crippen molar-refractivity contribution in [3.8, 4) is 0 Å². The van der Waals surface area contributed by atoms with Gasteiger partial charge in [0.2, 0.25) is 11.8 Å². The van der Waals surface area contributed by atoms with Crippen molar-refractivity contribution in [1.82, 2.24) is 10.6 Å². The molecular formula is C16H22ClN3O2. The van der Waals surface area contributed by atoms with Crippen molar-refractivity contribution in [3.05, 3.63) is 28.8 Å². The molecule has 2 unspecified atom stereocenters. The molecule has 1 aromatic carbocycles. The molecule has 1 heterocycles. The first-order chi connectivity index (χ1) is 10.5. The summed E-state index contributed by atoms with van der Waals surface area (Å²) in [4.78, 5) is 23.7. The predicted molar refractivity (Wildman–Crippen MR) is 88.1 cm³/mol. The minimum Gasteiger partial charge on any atom is -0.355 e. The Balaban J connectivity index is 1.83. The molecule has 2 atom stereocenters. The fraction of sp³-hybridized carbons (Fsp3) is 0.500. The van der Waals surface area contributed by atoms with Gasteiger partial charge in [-0.05, 0) is 44.4 Å². The van der Waals surface area contributed by atoms with Crippen molar-refractivity contribution in [1.29, 1.82) is 0 Å². The molecule has 2 amide bonds. The fourth-order valence-corrected chi connectivity index (χ4v) is 2.67. The van der Waals surface area contributed by atoms with Gasteiger partial charge in [-0.1, -0.05) is 17.7 Å². The van der Waals surface area contributed by atoms with Crippen LogP contribution in [0.1, 0.15) is 31.7 Å². The van der Waals surface area contributed by atoms with Crippen LogP contribution in [0, 0.1) is 6.92 Å². The number of halogens is 1. The van der Waals surface area contributed by atoms with E-state index in [9.17, 15) is 9.59 Å². The van der Waals surface area contributed by atoms with Gasteiger partial charge in [0.25, 0.3) is 0 Å². The van der Waals surface area contributed by atoms with Crippen molar-refractivity contribution in [2.45, 2.75) is 45.2 Å². The Labute approximate surface area is 135 Å². The van der Waals surface area contributed by atoms with Crippen molar-refractivity contribution >= 4 is 29.1 Å². The molecule has 3 N–H and O–H groups in total. The van der Waals surface area contributed by atoms with Crippen molar-refractivity contribution in [3.63, 3.8) is 0 Å². The second-order valence-corrected chi connectivity index (χ2v) is 6.18. The number of rotatable bonds is 5. The molecule has 6 heteroatoms. The quantitative estimate of drug-likeness (QED) is 0.778. The first-order valence-electron chi connectivity index (χ1n) is 7.55. The van der Waals surface area contributed by atoms with Gasteiger partial charge in [-0.3, -0.25) is 9.59 Å². The molecular weight excluding hydrogens is 302 g/mol. The van der Waals surface area contributed by atoms with Gasteiger partial charge < -0.3 is 16.0 Å². The van der Waals surface area contributed by atoms with Crippen LogP contribution in [-0.2, 0) is 9.59 Å². The van der Waals surface area contributed by atoms with Gasteiger partial charge in [-0.15, -0.1) is 0 Å². The van der Waals surface area contributed by atoms with Gasteiger partial charge in [-0.2, -0.15) is 0 Å². The molecule has 1 aromatic rings. The smallest absolute Gasteiger partial charge is 0.237 e. The molecule has 5 nitrogen and oxygen atoms in total. The summed E-state index contributed by atoms with van der Waals surface area (Å²) in [5, 5.41) is 9.49. The van der Waals surface area contributed by atoms with Crippen LogP contribution in [0.2, 0.25) is 5.02 Å². The number of anilines is 1. The monoisotopic (exact) mass is 323 g/mol. The lowest BCUT2D eigenvalue weighted by atomic mass is 10.0. The van der Waals surface area contributed by atoms with E-state index in [0.717, 1.165) is 24.9 Å². The van der Waals surface area contributed by atoms with Gasteiger partial charge in [0.1, 0.15) is 0 Å². The number of nitrogens with one attached hydrogen (secondary N) is 3. The van der Waals surface area contributed by atoms with Crippen molar-refractivity contribution < 1.29 is 9.59 Å². The summed E-state index contributed by atoms with van der Waals surface area (Å²) in [5.41, 5.74) is 1.65. The summed E-state index contributed by atoms with van der Waals surface area (Å²) >= 11 is 6.04. The molecule has 1 aliphatic heterocycles. The van der Waals surface area contributed by atoms with E-state index in [-0.39, 0.29) is 23.9 Å². The molecule has 1 fully saturated rings. The topological polar surface area (TPSA) is 70.2 Å². The van der Waals surface area contributed by atoms with Gasteiger partial charge in [0.15, 0.2) is 0 Å². The lowest BCUT2D eigenvalue weighted by Gasteiger charge is -2.26. The minimum absolute atomic E-state index is 0.0174. The predicted octanol–water partition coefficient (Wildman–Crippen LogP) is 2.23. The zero-order chi connectivity index (χ0) is 16.1. The first kappa shape index (κ1) is 16.8. The van der Waals surface area contributed by atoms with Gasteiger partial charge >= 0.3 is 0 Å². The Bertz CT molecular complexity index is 562. The van der Waals surface area contributed by atoms with E-state index in [1.165, 1.54) is 0 Å². The van der Waals surface area contributed by atoms with Crippen molar-refractivity contribution in [2.24, 2.45) is 0 Å². The number of aryl methyl sites for hydroxylation is 1. The molecule has 0 bridgehead atoms. The average molecular weight is 324 g/mol. The van der Waals surface area contributed by atoms with E-state index < -0.39 is 0 Å². The maximum atomic E-state index is 12.0. The summed E-state index contributed by atoms with van der Waals surface area (Å²) in [5.74, 6) is -0.0834. The highest BCUT2D eigenvalue weighted by Crippen LogP contribution is 2.20. The third-order valence-electron chi connectivity index (χ3n) is 3.72. The van der Waals surface area contributed by atoms with E-state index in [1.807, 2.05) is 26.0 Å². The maximum absolute atomic E-state index is 12.0. The summed E-state index contributed by atoms with van der Waals surface area (Å²) in [6.07, 6.45) is 2.07. The molecule has 0 radical (unpaired) electrons. The highest BCUT2D eigenvalue weighted by Gasteiger charge is 2.23. The Morgan fingerprint density at radius 3 is 2.95 bits per heavy atom. The number of hydrogen-bond acceptors (Lipinski definition) is 3. The highest BCUT2D eigenvalue weighted by atomic mass is 35.5. The van der Waals surface area contributed by atoms with Crippen molar-refractivity contribution in [2.75, 3.05) is 11.9 Å². The summed E-state index contributed by atoms with van der Waals surface area (Å²) in [6, 6.07) is 5.15. The van der Waals surface area contributed by atoms with Crippen LogP contribution in [0.25, 0.3) is 0 Å². The zero-order valence-corrected chi connectivity index (χ0v) is 13.7. The minimum atomic E-state index is -0.203.